The third kappa shape index (κ3) is 3.69. The normalized spacial score (nSPS) is 24.1. The fourth-order valence-corrected chi connectivity index (χ4v) is 3.05. The first-order valence-corrected chi connectivity index (χ1v) is 7.55. The molecule has 1 aliphatic carbocycles. The lowest BCUT2D eigenvalue weighted by atomic mass is 9.86. The van der Waals surface area contributed by atoms with Gasteiger partial charge in [0.2, 0.25) is 0 Å². The maximum atomic E-state index is 11.6. The van der Waals surface area contributed by atoms with Crippen LogP contribution in [0.1, 0.15) is 32.6 Å². The SMILES string of the molecule is CC1CCCCC1NCCn1cc(Br)ccc1=O. The van der Waals surface area contributed by atoms with Crippen molar-refractivity contribution in [2.45, 2.75) is 45.2 Å². The van der Waals surface area contributed by atoms with Gasteiger partial charge in [0.25, 0.3) is 5.56 Å². The third-order valence-corrected chi connectivity index (χ3v) is 4.29. The number of hydrogen-bond donors (Lipinski definition) is 1. The number of hydrogen-bond acceptors (Lipinski definition) is 2. The molecular weight excluding hydrogens is 292 g/mol. The van der Waals surface area contributed by atoms with Gasteiger partial charge in [0.05, 0.1) is 0 Å². The first-order chi connectivity index (χ1) is 8.66. The van der Waals surface area contributed by atoms with Crippen molar-refractivity contribution in [1.82, 2.24) is 9.88 Å². The summed E-state index contributed by atoms with van der Waals surface area (Å²) in [5, 5.41) is 3.59. The number of nitrogens with one attached hydrogen (secondary N) is 1. The average molecular weight is 313 g/mol. The third-order valence-electron chi connectivity index (χ3n) is 3.82. The van der Waals surface area contributed by atoms with Gasteiger partial charge in [0.1, 0.15) is 0 Å². The number of aromatic nitrogens is 1. The Balaban J connectivity index is 1.84. The minimum absolute atomic E-state index is 0.0664. The minimum Gasteiger partial charge on any atom is -0.313 e. The second-order valence-corrected chi connectivity index (χ2v) is 6.12. The molecule has 2 atom stereocenters. The fourth-order valence-electron chi connectivity index (χ4n) is 2.67. The van der Waals surface area contributed by atoms with Crippen LogP contribution in [0.3, 0.4) is 0 Å². The summed E-state index contributed by atoms with van der Waals surface area (Å²) in [7, 11) is 0. The fraction of sp³-hybridized carbons (Fsp3) is 0.643. The first kappa shape index (κ1) is 13.8. The van der Waals surface area contributed by atoms with Gasteiger partial charge < -0.3 is 9.88 Å². The molecule has 1 aliphatic rings. The van der Waals surface area contributed by atoms with E-state index in [-0.39, 0.29) is 5.56 Å². The van der Waals surface area contributed by atoms with E-state index in [1.165, 1.54) is 25.7 Å². The Hall–Kier alpha value is -0.610. The van der Waals surface area contributed by atoms with Gasteiger partial charge in [-0.1, -0.05) is 19.8 Å². The molecule has 0 bridgehead atoms. The van der Waals surface area contributed by atoms with Crippen LogP contribution in [0.5, 0.6) is 0 Å². The molecule has 2 rings (SSSR count). The molecule has 0 aromatic carbocycles. The highest BCUT2D eigenvalue weighted by molar-refractivity contribution is 9.10. The van der Waals surface area contributed by atoms with E-state index in [0.29, 0.717) is 6.04 Å². The summed E-state index contributed by atoms with van der Waals surface area (Å²) in [6.45, 7) is 3.93. The first-order valence-electron chi connectivity index (χ1n) is 6.76. The number of halogens is 1. The van der Waals surface area contributed by atoms with Gasteiger partial charge in [-0.25, -0.2) is 0 Å². The van der Waals surface area contributed by atoms with E-state index in [1.807, 2.05) is 6.20 Å². The van der Waals surface area contributed by atoms with Crippen LogP contribution in [-0.2, 0) is 6.54 Å². The zero-order valence-corrected chi connectivity index (χ0v) is 12.4. The van der Waals surface area contributed by atoms with E-state index < -0.39 is 0 Å². The lowest BCUT2D eigenvalue weighted by Gasteiger charge is -2.29. The van der Waals surface area contributed by atoms with E-state index in [9.17, 15) is 4.79 Å². The Kier molecular flexibility index (Phi) is 5.01. The van der Waals surface area contributed by atoms with Crippen LogP contribution in [0.4, 0.5) is 0 Å². The smallest absolute Gasteiger partial charge is 0.250 e. The van der Waals surface area contributed by atoms with Crippen molar-refractivity contribution in [2.24, 2.45) is 5.92 Å². The molecule has 0 aliphatic heterocycles. The molecule has 0 amide bonds. The second kappa shape index (κ2) is 6.53. The van der Waals surface area contributed by atoms with Crippen molar-refractivity contribution in [3.63, 3.8) is 0 Å². The van der Waals surface area contributed by atoms with Crippen molar-refractivity contribution in [2.75, 3.05) is 6.54 Å². The van der Waals surface area contributed by atoms with Gasteiger partial charge in [0, 0.05) is 35.9 Å². The molecule has 3 nitrogen and oxygen atoms in total. The molecule has 100 valence electrons. The molecule has 1 N–H and O–H groups in total. The van der Waals surface area contributed by atoms with Crippen LogP contribution in [0.15, 0.2) is 27.6 Å². The van der Waals surface area contributed by atoms with Gasteiger partial charge >= 0.3 is 0 Å². The average Bonchev–Trinajstić information content (AvgIpc) is 2.36. The molecule has 18 heavy (non-hydrogen) atoms. The number of pyridine rings is 1. The van der Waals surface area contributed by atoms with Gasteiger partial charge in [-0.2, -0.15) is 0 Å². The van der Waals surface area contributed by atoms with Crippen LogP contribution in [0, 0.1) is 5.92 Å². The van der Waals surface area contributed by atoms with Crippen molar-refractivity contribution in [3.05, 3.63) is 33.2 Å². The molecule has 1 saturated carbocycles. The monoisotopic (exact) mass is 312 g/mol. The lowest BCUT2D eigenvalue weighted by molar-refractivity contribution is 0.278. The Bertz CT molecular complexity index is 444. The summed E-state index contributed by atoms with van der Waals surface area (Å²) in [6.07, 6.45) is 7.15. The van der Waals surface area contributed by atoms with Crippen LogP contribution >= 0.6 is 15.9 Å². The summed E-state index contributed by atoms with van der Waals surface area (Å²) >= 11 is 3.39. The van der Waals surface area contributed by atoms with Gasteiger partial charge in [-0.15, -0.1) is 0 Å². The van der Waals surface area contributed by atoms with Crippen LogP contribution in [0.2, 0.25) is 0 Å². The quantitative estimate of drug-likeness (QED) is 0.927. The number of nitrogens with zero attached hydrogens (tertiary/aromatic N) is 1. The van der Waals surface area contributed by atoms with Crippen molar-refractivity contribution in [1.29, 1.82) is 0 Å². The van der Waals surface area contributed by atoms with Crippen LogP contribution < -0.4 is 10.9 Å². The maximum absolute atomic E-state index is 11.6. The van der Waals surface area contributed by atoms with Crippen LogP contribution in [-0.4, -0.2) is 17.2 Å². The highest BCUT2D eigenvalue weighted by Gasteiger charge is 2.20. The summed E-state index contributed by atoms with van der Waals surface area (Å²) in [5.41, 5.74) is 0.0664. The van der Waals surface area contributed by atoms with E-state index in [2.05, 4.69) is 28.2 Å². The molecule has 0 radical (unpaired) electrons. The highest BCUT2D eigenvalue weighted by Crippen LogP contribution is 2.23. The van der Waals surface area contributed by atoms with Gasteiger partial charge in [-0.3, -0.25) is 4.79 Å². The molecule has 1 aromatic heterocycles. The molecule has 0 spiro atoms. The van der Waals surface area contributed by atoms with Crippen molar-refractivity contribution in [3.8, 4) is 0 Å². The van der Waals surface area contributed by atoms with Gasteiger partial charge in [-0.05, 0) is 40.8 Å². The zero-order valence-electron chi connectivity index (χ0n) is 10.9. The maximum Gasteiger partial charge on any atom is 0.250 e. The molecule has 1 heterocycles. The largest absolute Gasteiger partial charge is 0.313 e. The Labute approximate surface area is 117 Å². The topological polar surface area (TPSA) is 34.0 Å². The predicted molar refractivity (Wildman–Crippen MR) is 77.8 cm³/mol. The summed E-state index contributed by atoms with van der Waals surface area (Å²) in [4.78, 5) is 11.6. The van der Waals surface area contributed by atoms with Crippen LogP contribution in [0.25, 0.3) is 0 Å². The highest BCUT2D eigenvalue weighted by atomic mass is 79.9. The lowest BCUT2D eigenvalue weighted by Crippen LogP contribution is -2.39. The molecule has 1 aromatic rings. The molecule has 4 heteroatoms. The summed E-state index contributed by atoms with van der Waals surface area (Å²) in [6, 6.07) is 4.02. The van der Waals surface area contributed by atoms with E-state index in [1.54, 1.807) is 16.7 Å². The number of rotatable bonds is 4. The van der Waals surface area contributed by atoms with E-state index >= 15 is 0 Å². The minimum atomic E-state index is 0.0664. The summed E-state index contributed by atoms with van der Waals surface area (Å²) in [5.74, 6) is 0.762. The van der Waals surface area contributed by atoms with E-state index in [0.717, 1.165) is 23.5 Å². The van der Waals surface area contributed by atoms with Crippen molar-refractivity contribution >= 4 is 15.9 Å². The Morgan fingerprint density at radius 1 is 1.39 bits per heavy atom. The van der Waals surface area contributed by atoms with E-state index in [4.69, 9.17) is 0 Å². The zero-order chi connectivity index (χ0) is 13.0. The summed E-state index contributed by atoms with van der Waals surface area (Å²) < 4.78 is 2.71. The standard InChI is InChI=1S/C14H21BrN2O/c1-11-4-2-3-5-13(11)16-8-9-17-10-12(15)6-7-14(17)18/h6-7,10-11,13,16H,2-5,8-9H2,1H3. The Morgan fingerprint density at radius 3 is 2.94 bits per heavy atom. The molecular formula is C14H21BrN2O. The predicted octanol–water partition coefficient (Wildman–Crippen LogP) is 2.78. The van der Waals surface area contributed by atoms with Crippen molar-refractivity contribution < 1.29 is 0 Å². The molecule has 2 unspecified atom stereocenters. The molecule has 1 fully saturated rings. The second-order valence-electron chi connectivity index (χ2n) is 5.20. The van der Waals surface area contributed by atoms with Gasteiger partial charge in [0.15, 0.2) is 0 Å². The molecule has 0 saturated heterocycles. The Morgan fingerprint density at radius 2 is 2.17 bits per heavy atom.